The molecule has 0 radical (unpaired) electrons. The van der Waals surface area contributed by atoms with Crippen LogP contribution in [0.15, 0.2) is 103 Å². The van der Waals surface area contributed by atoms with Crippen molar-refractivity contribution in [1.82, 2.24) is 0 Å². The van der Waals surface area contributed by atoms with E-state index in [9.17, 15) is 0 Å². The van der Waals surface area contributed by atoms with E-state index in [1.807, 2.05) is 0 Å². The third kappa shape index (κ3) is 5.60. The molecule has 0 bridgehead atoms. The highest BCUT2D eigenvalue weighted by atomic mass is 14.1. The Hall–Kier alpha value is -2.86. The SMILES string of the molecule is C/C(=C/CCc1ccccc1)C/C(=C/c1ccccc1)c1ccccc1. The summed E-state index contributed by atoms with van der Waals surface area (Å²) in [5.74, 6) is 0. The van der Waals surface area contributed by atoms with E-state index in [1.165, 1.54) is 27.8 Å². The van der Waals surface area contributed by atoms with Gasteiger partial charge in [-0.2, -0.15) is 0 Å². The van der Waals surface area contributed by atoms with Crippen LogP contribution in [0.1, 0.15) is 36.5 Å². The molecule has 0 heterocycles. The van der Waals surface area contributed by atoms with Gasteiger partial charge in [0.1, 0.15) is 0 Å². The van der Waals surface area contributed by atoms with Crippen LogP contribution >= 0.6 is 0 Å². The lowest BCUT2D eigenvalue weighted by atomic mass is 9.95. The summed E-state index contributed by atoms with van der Waals surface area (Å²) in [4.78, 5) is 0. The van der Waals surface area contributed by atoms with Crippen molar-refractivity contribution in [2.24, 2.45) is 0 Å². The average Bonchev–Trinajstić information content (AvgIpc) is 2.70. The molecule has 0 heteroatoms. The molecule has 0 spiro atoms. The molecule has 0 saturated heterocycles. The summed E-state index contributed by atoms with van der Waals surface area (Å²) in [7, 11) is 0. The summed E-state index contributed by atoms with van der Waals surface area (Å²) in [6.45, 7) is 2.24. The van der Waals surface area contributed by atoms with Gasteiger partial charge in [0.05, 0.1) is 0 Å². The van der Waals surface area contributed by atoms with Crippen LogP contribution in [0.4, 0.5) is 0 Å². The van der Waals surface area contributed by atoms with Crippen LogP contribution in [0.2, 0.25) is 0 Å². The minimum atomic E-state index is 0.980. The molecule has 0 saturated carbocycles. The van der Waals surface area contributed by atoms with E-state index in [0.717, 1.165) is 19.3 Å². The molecule has 0 aromatic heterocycles. The fraction of sp³-hybridized carbons (Fsp3) is 0.154. The van der Waals surface area contributed by atoms with Crippen LogP contribution in [0.25, 0.3) is 11.6 Å². The van der Waals surface area contributed by atoms with Crippen molar-refractivity contribution in [1.29, 1.82) is 0 Å². The van der Waals surface area contributed by atoms with E-state index in [4.69, 9.17) is 0 Å². The molecule has 3 rings (SSSR count). The Kier molecular flexibility index (Phi) is 6.61. The lowest BCUT2D eigenvalue weighted by molar-refractivity contribution is 0.981. The van der Waals surface area contributed by atoms with Crippen molar-refractivity contribution in [2.45, 2.75) is 26.2 Å². The third-order valence-corrected chi connectivity index (χ3v) is 4.52. The third-order valence-electron chi connectivity index (χ3n) is 4.52. The fourth-order valence-electron chi connectivity index (χ4n) is 3.14. The molecule has 3 aromatic rings. The summed E-state index contributed by atoms with van der Waals surface area (Å²) in [6.07, 6.45) is 7.86. The number of aryl methyl sites for hydroxylation is 1. The summed E-state index contributed by atoms with van der Waals surface area (Å²) in [5.41, 5.74) is 6.74. The molecule has 0 atom stereocenters. The van der Waals surface area contributed by atoms with Crippen molar-refractivity contribution in [2.75, 3.05) is 0 Å². The Balaban J connectivity index is 1.73. The number of rotatable bonds is 7. The first-order valence-electron chi connectivity index (χ1n) is 9.32. The maximum absolute atomic E-state index is 2.38. The lowest BCUT2D eigenvalue weighted by Crippen LogP contribution is -1.88. The summed E-state index contributed by atoms with van der Waals surface area (Å²) in [6, 6.07) is 32.0. The Morgan fingerprint density at radius 3 is 1.96 bits per heavy atom. The van der Waals surface area contributed by atoms with Gasteiger partial charge in [0.25, 0.3) is 0 Å². The van der Waals surface area contributed by atoms with E-state index >= 15 is 0 Å². The largest absolute Gasteiger partial charge is 0.0849 e. The normalized spacial score (nSPS) is 12.2. The maximum Gasteiger partial charge on any atom is -0.00637 e. The predicted octanol–water partition coefficient (Wildman–Crippen LogP) is 7.20. The molecular weight excluding hydrogens is 312 g/mol. The van der Waals surface area contributed by atoms with Gasteiger partial charge < -0.3 is 0 Å². The van der Waals surface area contributed by atoms with Gasteiger partial charge in [0.15, 0.2) is 0 Å². The van der Waals surface area contributed by atoms with Gasteiger partial charge in [-0.15, -0.1) is 0 Å². The second kappa shape index (κ2) is 9.58. The van der Waals surface area contributed by atoms with E-state index in [1.54, 1.807) is 0 Å². The smallest absolute Gasteiger partial charge is 0.00637 e. The van der Waals surface area contributed by atoms with Crippen LogP contribution in [-0.4, -0.2) is 0 Å². The molecule has 26 heavy (non-hydrogen) atoms. The zero-order valence-corrected chi connectivity index (χ0v) is 15.4. The number of hydrogen-bond donors (Lipinski definition) is 0. The van der Waals surface area contributed by atoms with E-state index in [-0.39, 0.29) is 0 Å². The van der Waals surface area contributed by atoms with Gasteiger partial charge in [-0.25, -0.2) is 0 Å². The second-order valence-corrected chi connectivity index (χ2v) is 6.70. The lowest BCUT2D eigenvalue weighted by Gasteiger charge is -2.10. The second-order valence-electron chi connectivity index (χ2n) is 6.70. The van der Waals surface area contributed by atoms with Gasteiger partial charge in [-0.1, -0.05) is 109 Å². The van der Waals surface area contributed by atoms with Crippen molar-refractivity contribution in [3.8, 4) is 0 Å². The number of benzene rings is 3. The van der Waals surface area contributed by atoms with Crippen molar-refractivity contribution < 1.29 is 0 Å². The summed E-state index contributed by atoms with van der Waals surface area (Å²) >= 11 is 0. The van der Waals surface area contributed by atoms with Crippen LogP contribution in [-0.2, 0) is 6.42 Å². The van der Waals surface area contributed by atoms with Gasteiger partial charge in [0, 0.05) is 0 Å². The predicted molar refractivity (Wildman–Crippen MR) is 114 cm³/mol. The van der Waals surface area contributed by atoms with Crippen molar-refractivity contribution in [3.63, 3.8) is 0 Å². The molecule has 0 unspecified atom stereocenters. The molecule has 0 nitrogen and oxygen atoms in total. The highest BCUT2D eigenvalue weighted by Gasteiger charge is 2.03. The van der Waals surface area contributed by atoms with E-state index in [0.29, 0.717) is 0 Å². The maximum atomic E-state index is 2.38. The van der Waals surface area contributed by atoms with Crippen LogP contribution in [0, 0.1) is 0 Å². The monoisotopic (exact) mass is 338 g/mol. The molecular formula is C26H26. The molecule has 0 aliphatic heterocycles. The molecule has 130 valence electrons. The highest BCUT2D eigenvalue weighted by molar-refractivity contribution is 5.82. The number of hydrogen-bond acceptors (Lipinski definition) is 0. The molecule has 0 aliphatic carbocycles. The van der Waals surface area contributed by atoms with Gasteiger partial charge in [-0.3, -0.25) is 0 Å². The highest BCUT2D eigenvalue weighted by Crippen LogP contribution is 2.25. The topological polar surface area (TPSA) is 0 Å². The van der Waals surface area contributed by atoms with Crippen molar-refractivity contribution >= 4 is 11.6 Å². The first kappa shape index (κ1) is 17.9. The minimum absolute atomic E-state index is 0.980. The van der Waals surface area contributed by atoms with Crippen LogP contribution < -0.4 is 0 Å². The van der Waals surface area contributed by atoms with Gasteiger partial charge in [0.2, 0.25) is 0 Å². The average molecular weight is 338 g/mol. The van der Waals surface area contributed by atoms with Crippen LogP contribution in [0.5, 0.6) is 0 Å². The Bertz CT molecular complexity index is 840. The summed E-state index contributed by atoms with van der Waals surface area (Å²) in [5, 5.41) is 0. The number of allylic oxidation sites excluding steroid dienone is 3. The zero-order valence-electron chi connectivity index (χ0n) is 15.4. The van der Waals surface area contributed by atoms with E-state index < -0.39 is 0 Å². The molecule has 0 fully saturated rings. The quantitative estimate of drug-likeness (QED) is 0.316. The first-order valence-corrected chi connectivity index (χ1v) is 9.32. The first-order chi connectivity index (χ1) is 12.8. The van der Waals surface area contributed by atoms with Crippen molar-refractivity contribution in [3.05, 3.63) is 119 Å². The standard InChI is InChI=1S/C26H26/c1-22(12-11-17-23-13-5-2-6-14-23)20-26(25-18-9-4-10-19-25)21-24-15-7-3-8-16-24/h2-10,12-16,18-19,21H,11,17,20H2,1H3/b22-12-,26-21-. The molecule has 3 aromatic carbocycles. The fourth-order valence-corrected chi connectivity index (χ4v) is 3.14. The zero-order chi connectivity index (χ0) is 18.0. The van der Waals surface area contributed by atoms with Gasteiger partial charge in [-0.05, 0) is 48.4 Å². The molecule has 0 N–H and O–H groups in total. The molecule has 0 amide bonds. The minimum Gasteiger partial charge on any atom is -0.0849 e. The Morgan fingerprint density at radius 1 is 0.731 bits per heavy atom. The van der Waals surface area contributed by atoms with Crippen LogP contribution in [0.3, 0.4) is 0 Å². The van der Waals surface area contributed by atoms with Gasteiger partial charge >= 0.3 is 0 Å². The molecule has 0 aliphatic rings. The Labute approximate surface area is 157 Å². The Morgan fingerprint density at radius 2 is 1.31 bits per heavy atom. The van der Waals surface area contributed by atoms with E-state index in [2.05, 4.69) is 110 Å². The summed E-state index contributed by atoms with van der Waals surface area (Å²) < 4.78 is 0.